The van der Waals surface area contributed by atoms with Gasteiger partial charge in [-0.2, -0.15) is 0 Å². The van der Waals surface area contributed by atoms with Crippen LogP contribution in [0.5, 0.6) is 0 Å². The number of benzene rings is 1. The molecule has 1 heterocycles. The third-order valence-corrected chi connectivity index (χ3v) is 8.67. The van der Waals surface area contributed by atoms with Crippen molar-refractivity contribution in [3.63, 3.8) is 0 Å². The van der Waals surface area contributed by atoms with Crippen LogP contribution in [0.2, 0.25) is 0 Å². The highest BCUT2D eigenvalue weighted by Gasteiger charge is 2.77. The van der Waals surface area contributed by atoms with Crippen LogP contribution in [0, 0.1) is 16.7 Å². The molecule has 6 heteroatoms. The van der Waals surface area contributed by atoms with E-state index in [1.807, 2.05) is 30.3 Å². The van der Waals surface area contributed by atoms with Crippen molar-refractivity contribution in [2.24, 2.45) is 16.7 Å². The lowest BCUT2D eigenvalue weighted by molar-refractivity contribution is -0.125. The van der Waals surface area contributed by atoms with Gasteiger partial charge in [0.1, 0.15) is 12.1 Å². The molecule has 3 aliphatic rings. The quantitative estimate of drug-likeness (QED) is 0.634. The fourth-order valence-electron chi connectivity index (χ4n) is 5.68. The third kappa shape index (κ3) is 2.31. The maximum atomic E-state index is 13.1. The standard InChI is InChI=1S/C20H25NO4S/c1-18(2)16-8-10-19(18)14-26(23,24)21-20(19,12-16)17(22)9-11-25-13-15-6-4-3-5-7-15/h3-7,9,11,16,21H,8,10,12-14H2,1-2H3/b11-9+. The second-order valence-corrected chi connectivity index (χ2v) is 10.2. The van der Waals surface area contributed by atoms with E-state index in [0.717, 1.165) is 18.4 Å². The molecule has 140 valence electrons. The lowest BCUT2D eigenvalue weighted by Crippen LogP contribution is -2.58. The number of carbonyl (C=O) groups is 1. The molecule has 5 nitrogen and oxygen atoms in total. The van der Waals surface area contributed by atoms with Crippen molar-refractivity contribution in [1.29, 1.82) is 0 Å². The molecule has 1 aromatic rings. The number of rotatable bonds is 5. The highest BCUT2D eigenvalue weighted by Crippen LogP contribution is 2.72. The van der Waals surface area contributed by atoms with Gasteiger partial charge in [-0.15, -0.1) is 0 Å². The van der Waals surface area contributed by atoms with Gasteiger partial charge >= 0.3 is 0 Å². The molecular weight excluding hydrogens is 350 g/mol. The van der Waals surface area contributed by atoms with Crippen LogP contribution in [0.25, 0.3) is 0 Å². The summed E-state index contributed by atoms with van der Waals surface area (Å²) in [5.74, 6) is 0.239. The van der Waals surface area contributed by atoms with E-state index in [4.69, 9.17) is 4.74 Å². The third-order valence-electron chi connectivity index (χ3n) is 7.14. The zero-order valence-corrected chi connectivity index (χ0v) is 16.0. The summed E-state index contributed by atoms with van der Waals surface area (Å²) < 4.78 is 33.1. The van der Waals surface area contributed by atoms with Crippen LogP contribution in [0.1, 0.15) is 38.7 Å². The van der Waals surface area contributed by atoms with Crippen LogP contribution >= 0.6 is 0 Å². The first-order valence-corrected chi connectivity index (χ1v) is 10.8. The van der Waals surface area contributed by atoms with Crippen molar-refractivity contribution in [2.75, 3.05) is 5.75 Å². The van der Waals surface area contributed by atoms with Gasteiger partial charge in [-0.1, -0.05) is 44.2 Å². The first-order chi connectivity index (χ1) is 12.2. The summed E-state index contributed by atoms with van der Waals surface area (Å²) in [5.41, 5.74) is -0.686. The van der Waals surface area contributed by atoms with E-state index in [9.17, 15) is 13.2 Å². The summed E-state index contributed by atoms with van der Waals surface area (Å²) in [6.45, 7) is 4.62. The molecule has 0 radical (unpaired) electrons. The Balaban J connectivity index is 1.56. The molecule has 26 heavy (non-hydrogen) atoms. The minimum Gasteiger partial charge on any atom is -0.496 e. The molecule has 1 aromatic carbocycles. The van der Waals surface area contributed by atoms with Crippen molar-refractivity contribution in [3.05, 3.63) is 48.2 Å². The fraction of sp³-hybridized carbons (Fsp3) is 0.550. The topological polar surface area (TPSA) is 72.5 Å². The number of hydrogen-bond donors (Lipinski definition) is 1. The summed E-state index contributed by atoms with van der Waals surface area (Å²) in [5, 5.41) is 0. The molecule has 3 atom stereocenters. The van der Waals surface area contributed by atoms with Gasteiger partial charge in [-0.25, -0.2) is 13.1 Å². The molecule has 2 bridgehead atoms. The van der Waals surface area contributed by atoms with Crippen molar-refractivity contribution < 1.29 is 17.9 Å². The van der Waals surface area contributed by atoms with Crippen LogP contribution in [-0.4, -0.2) is 25.5 Å². The molecule has 1 saturated heterocycles. The molecule has 0 aromatic heterocycles. The van der Waals surface area contributed by atoms with Gasteiger partial charge < -0.3 is 4.74 Å². The Morgan fingerprint density at radius 3 is 2.73 bits per heavy atom. The van der Waals surface area contributed by atoms with Crippen molar-refractivity contribution in [2.45, 2.75) is 45.3 Å². The first kappa shape index (κ1) is 17.7. The van der Waals surface area contributed by atoms with Gasteiger partial charge in [0.15, 0.2) is 5.78 Å². The summed E-state index contributed by atoms with van der Waals surface area (Å²) in [7, 11) is -3.44. The minimum atomic E-state index is -3.44. The van der Waals surface area contributed by atoms with Gasteiger partial charge in [0.25, 0.3) is 0 Å². The van der Waals surface area contributed by atoms with Gasteiger partial charge in [0.05, 0.1) is 12.0 Å². The average molecular weight is 375 g/mol. The second kappa shape index (κ2) is 5.67. The SMILES string of the molecule is CC1(C)C2CCC13CS(=O)(=O)NC3(C(=O)/C=C/OCc1ccccc1)C2. The number of carbonyl (C=O) groups excluding carboxylic acids is 1. The van der Waals surface area contributed by atoms with Crippen LogP contribution in [0.15, 0.2) is 42.7 Å². The molecule has 0 amide bonds. The number of ketones is 1. The number of hydrogen-bond acceptors (Lipinski definition) is 4. The van der Waals surface area contributed by atoms with Gasteiger partial charge in [0, 0.05) is 11.5 Å². The van der Waals surface area contributed by atoms with E-state index in [0.29, 0.717) is 18.9 Å². The molecular formula is C20H25NO4S. The largest absolute Gasteiger partial charge is 0.496 e. The molecule has 3 unspecified atom stereocenters. The van der Waals surface area contributed by atoms with Crippen molar-refractivity contribution in [3.8, 4) is 0 Å². The van der Waals surface area contributed by atoms with E-state index in [1.54, 1.807) is 0 Å². The monoisotopic (exact) mass is 375 g/mol. The number of sulfonamides is 1. The lowest BCUT2D eigenvalue weighted by Gasteiger charge is -2.42. The minimum absolute atomic E-state index is 0.0496. The van der Waals surface area contributed by atoms with E-state index >= 15 is 0 Å². The van der Waals surface area contributed by atoms with Crippen LogP contribution in [-0.2, 0) is 26.2 Å². The zero-order valence-electron chi connectivity index (χ0n) is 15.2. The normalized spacial score (nSPS) is 36.3. The summed E-state index contributed by atoms with van der Waals surface area (Å²) in [6, 6.07) is 9.70. The Morgan fingerprint density at radius 1 is 1.31 bits per heavy atom. The Bertz CT molecular complexity index is 861. The van der Waals surface area contributed by atoms with E-state index < -0.39 is 21.0 Å². The summed E-state index contributed by atoms with van der Waals surface area (Å²) >= 11 is 0. The molecule has 3 fully saturated rings. The zero-order chi connectivity index (χ0) is 18.6. The van der Waals surface area contributed by atoms with Gasteiger partial charge in [-0.05, 0) is 36.2 Å². The highest BCUT2D eigenvalue weighted by molar-refractivity contribution is 7.89. The number of nitrogens with one attached hydrogen (secondary N) is 1. The maximum absolute atomic E-state index is 13.1. The second-order valence-electron chi connectivity index (χ2n) is 8.47. The van der Waals surface area contributed by atoms with Crippen LogP contribution < -0.4 is 4.72 Å². The van der Waals surface area contributed by atoms with E-state index in [2.05, 4.69) is 18.6 Å². The van der Waals surface area contributed by atoms with Crippen molar-refractivity contribution >= 4 is 15.8 Å². The van der Waals surface area contributed by atoms with Crippen molar-refractivity contribution in [1.82, 2.24) is 4.72 Å². The lowest BCUT2D eigenvalue weighted by atomic mass is 9.61. The highest BCUT2D eigenvalue weighted by atomic mass is 32.2. The predicted molar refractivity (Wildman–Crippen MR) is 98.6 cm³/mol. The van der Waals surface area contributed by atoms with Gasteiger partial charge in [0.2, 0.25) is 10.0 Å². The number of fused-ring (bicyclic) bond motifs is 1. The molecule has 1 aliphatic heterocycles. The molecule has 2 aliphatic carbocycles. The Labute approximate surface area is 154 Å². The van der Waals surface area contributed by atoms with E-state index in [-0.39, 0.29) is 17.0 Å². The van der Waals surface area contributed by atoms with E-state index in [1.165, 1.54) is 12.3 Å². The molecule has 2 saturated carbocycles. The molecule has 1 spiro atoms. The average Bonchev–Trinajstić information content (AvgIpc) is 3.06. The Kier molecular flexibility index (Phi) is 3.87. The van der Waals surface area contributed by atoms with Crippen LogP contribution in [0.4, 0.5) is 0 Å². The summed E-state index contributed by atoms with van der Waals surface area (Å²) in [4.78, 5) is 13.1. The maximum Gasteiger partial charge on any atom is 0.213 e. The molecule has 4 rings (SSSR count). The Morgan fingerprint density at radius 2 is 2.04 bits per heavy atom. The predicted octanol–water partition coefficient (Wildman–Crippen LogP) is 2.78. The first-order valence-electron chi connectivity index (χ1n) is 9.11. The fourth-order valence-corrected chi connectivity index (χ4v) is 8.08. The number of ether oxygens (including phenoxy) is 1. The smallest absolute Gasteiger partial charge is 0.213 e. The summed E-state index contributed by atoms with van der Waals surface area (Å²) in [6.07, 6.45) is 5.18. The Hall–Kier alpha value is -1.66. The van der Waals surface area contributed by atoms with Gasteiger partial charge in [-0.3, -0.25) is 4.79 Å². The van der Waals surface area contributed by atoms with Crippen LogP contribution in [0.3, 0.4) is 0 Å². The molecule has 1 N–H and O–H groups in total.